The lowest BCUT2D eigenvalue weighted by molar-refractivity contribution is 0.0600. The Kier molecular flexibility index (Phi) is 5.02. The third kappa shape index (κ3) is 3.95. The lowest BCUT2D eigenvalue weighted by Crippen LogP contribution is -2.22. The molecule has 118 valence electrons. The van der Waals surface area contributed by atoms with E-state index < -0.39 is 14.0 Å². The van der Waals surface area contributed by atoms with E-state index in [1.54, 1.807) is 17.0 Å². The number of aromatic nitrogens is 3. The SMILES string of the molecule is Bc1cnc2c(n1)c(C(=O)OC)cn2COCC[Si](C)(C)C. The van der Waals surface area contributed by atoms with Gasteiger partial charge in [0.1, 0.15) is 17.8 Å². The molecule has 0 amide bonds. The molecule has 22 heavy (non-hydrogen) atoms. The number of hydrogen-bond donors (Lipinski definition) is 0. The summed E-state index contributed by atoms with van der Waals surface area (Å²) in [7, 11) is 2.09. The van der Waals surface area contributed by atoms with E-state index in [2.05, 4.69) is 29.6 Å². The van der Waals surface area contributed by atoms with Gasteiger partial charge in [-0.2, -0.15) is 0 Å². The highest BCUT2D eigenvalue weighted by Crippen LogP contribution is 2.18. The van der Waals surface area contributed by atoms with Crippen molar-refractivity contribution in [1.82, 2.24) is 14.5 Å². The minimum absolute atomic E-state index is 0.357. The van der Waals surface area contributed by atoms with Gasteiger partial charge in [0.15, 0.2) is 13.5 Å². The molecule has 0 N–H and O–H groups in total. The lowest BCUT2D eigenvalue weighted by atomic mass is 10.1. The number of carbonyl (C=O) groups is 1. The molecule has 0 saturated carbocycles. The summed E-state index contributed by atoms with van der Waals surface area (Å²) in [5.41, 5.74) is 2.37. The van der Waals surface area contributed by atoms with Gasteiger partial charge in [0.05, 0.1) is 7.11 Å². The Hall–Kier alpha value is -1.67. The third-order valence-corrected chi connectivity index (χ3v) is 5.02. The summed E-state index contributed by atoms with van der Waals surface area (Å²) in [6, 6.07) is 1.10. The molecule has 2 aromatic rings. The highest BCUT2D eigenvalue weighted by atomic mass is 28.3. The van der Waals surface area contributed by atoms with Crippen LogP contribution in [0.25, 0.3) is 11.2 Å². The summed E-state index contributed by atoms with van der Waals surface area (Å²) in [5, 5.41) is 0. The molecule has 2 heterocycles. The summed E-state index contributed by atoms with van der Waals surface area (Å²) in [6.07, 6.45) is 3.38. The summed E-state index contributed by atoms with van der Waals surface area (Å²) in [4.78, 5) is 20.6. The Bertz CT molecular complexity index is 682. The van der Waals surface area contributed by atoms with Gasteiger partial charge in [0, 0.05) is 32.7 Å². The first-order valence-electron chi connectivity index (χ1n) is 7.30. The van der Waals surface area contributed by atoms with Crippen LogP contribution in [0.3, 0.4) is 0 Å². The number of methoxy groups -OCH3 is 1. The van der Waals surface area contributed by atoms with Gasteiger partial charge in [-0.25, -0.2) is 9.78 Å². The molecule has 2 aromatic heterocycles. The minimum atomic E-state index is -1.11. The number of ether oxygens (including phenoxy) is 2. The second-order valence-corrected chi connectivity index (χ2v) is 12.2. The summed E-state index contributed by atoms with van der Waals surface area (Å²) < 4.78 is 12.4. The summed E-state index contributed by atoms with van der Waals surface area (Å²) >= 11 is 0. The van der Waals surface area contributed by atoms with Crippen molar-refractivity contribution in [2.75, 3.05) is 13.7 Å². The zero-order chi connectivity index (χ0) is 16.3. The molecule has 2 rings (SSSR count). The van der Waals surface area contributed by atoms with Crippen LogP contribution in [-0.2, 0) is 16.2 Å². The van der Waals surface area contributed by atoms with Gasteiger partial charge in [-0.05, 0) is 6.04 Å². The van der Waals surface area contributed by atoms with E-state index >= 15 is 0 Å². The maximum atomic E-state index is 11.9. The van der Waals surface area contributed by atoms with Crippen LogP contribution in [0.1, 0.15) is 10.4 Å². The molecule has 0 spiro atoms. The van der Waals surface area contributed by atoms with E-state index in [4.69, 9.17) is 9.47 Å². The van der Waals surface area contributed by atoms with Crippen LogP contribution in [0.4, 0.5) is 0 Å². The Morgan fingerprint density at radius 2 is 2.14 bits per heavy atom. The predicted molar refractivity (Wildman–Crippen MR) is 91.2 cm³/mol. The largest absolute Gasteiger partial charge is 0.465 e. The molecule has 0 atom stereocenters. The predicted octanol–water partition coefficient (Wildman–Crippen LogP) is 0.789. The molecule has 0 fully saturated rings. The highest BCUT2D eigenvalue weighted by molar-refractivity contribution is 6.76. The molecule has 8 heteroatoms. The van der Waals surface area contributed by atoms with Crippen molar-refractivity contribution >= 4 is 38.6 Å². The van der Waals surface area contributed by atoms with Gasteiger partial charge in [0.2, 0.25) is 0 Å². The Morgan fingerprint density at radius 1 is 1.41 bits per heavy atom. The Balaban J connectivity index is 2.21. The van der Waals surface area contributed by atoms with Crippen LogP contribution in [0.5, 0.6) is 0 Å². The van der Waals surface area contributed by atoms with E-state index in [1.165, 1.54) is 7.11 Å². The second kappa shape index (κ2) is 6.62. The van der Waals surface area contributed by atoms with E-state index in [-0.39, 0.29) is 0 Å². The summed E-state index contributed by atoms with van der Waals surface area (Å²) in [6.45, 7) is 8.00. The lowest BCUT2D eigenvalue weighted by Gasteiger charge is -2.15. The molecule has 0 radical (unpaired) electrons. The van der Waals surface area contributed by atoms with Crippen molar-refractivity contribution in [2.24, 2.45) is 0 Å². The van der Waals surface area contributed by atoms with Crippen molar-refractivity contribution in [2.45, 2.75) is 32.4 Å². The molecular weight excluding hydrogens is 297 g/mol. The maximum absolute atomic E-state index is 11.9. The van der Waals surface area contributed by atoms with E-state index in [9.17, 15) is 4.79 Å². The Labute approximate surface area is 132 Å². The minimum Gasteiger partial charge on any atom is -0.465 e. The Morgan fingerprint density at radius 3 is 2.77 bits per heavy atom. The van der Waals surface area contributed by atoms with E-state index in [1.807, 2.05) is 7.85 Å². The van der Waals surface area contributed by atoms with E-state index in [0.717, 1.165) is 11.6 Å². The molecule has 0 aliphatic carbocycles. The fraction of sp³-hybridized carbons (Fsp3) is 0.500. The zero-order valence-electron chi connectivity index (χ0n) is 13.8. The quantitative estimate of drug-likeness (QED) is 0.447. The van der Waals surface area contributed by atoms with Crippen LogP contribution >= 0.6 is 0 Å². The van der Waals surface area contributed by atoms with Crippen LogP contribution in [0.15, 0.2) is 12.4 Å². The van der Waals surface area contributed by atoms with Crippen molar-refractivity contribution in [3.05, 3.63) is 18.0 Å². The molecular formula is C14H22BN3O3Si. The third-order valence-electron chi connectivity index (χ3n) is 3.32. The van der Waals surface area contributed by atoms with Crippen molar-refractivity contribution in [3.63, 3.8) is 0 Å². The van der Waals surface area contributed by atoms with Gasteiger partial charge in [-0.1, -0.05) is 19.6 Å². The standard InChI is InChI=1S/C14H22BN3O3Si/c1-20-14(19)10-8-18(9-21-5-6-22(2,3)4)13-12(10)17-11(15)7-16-13/h7-8H,5-6,9,15H2,1-4H3. The normalized spacial score (nSPS) is 11.8. The van der Waals surface area contributed by atoms with Crippen LogP contribution in [0.2, 0.25) is 25.7 Å². The fourth-order valence-corrected chi connectivity index (χ4v) is 2.80. The monoisotopic (exact) mass is 319 g/mol. The fourth-order valence-electron chi connectivity index (χ4n) is 2.04. The smallest absolute Gasteiger partial charge is 0.341 e. The molecule has 0 aromatic carbocycles. The number of carbonyl (C=O) groups excluding carboxylic acids is 1. The number of nitrogens with zero attached hydrogens (tertiary/aromatic N) is 3. The van der Waals surface area contributed by atoms with Gasteiger partial charge in [0.25, 0.3) is 0 Å². The number of esters is 1. The maximum Gasteiger partial charge on any atom is 0.341 e. The first-order chi connectivity index (χ1) is 10.3. The van der Waals surface area contributed by atoms with Crippen LogP contribution in [0, 0.1) is 0 Å². The first-order valence-corrected chi connectivity index (χ1v) is 11.0. The van der Waals surface area contributed by atoms with Gasteiger partial charge >= 0.3 is 5.97 Å². The number of rotatable bonds is 6. The average molecular weight is 319 g/mol. The molecule has 0 aliphatic heterocycles. The second-order valence-electron chi connectivity index (χ2n) is 6.54. The van der Waals surface area contributed by atoms with Gasteiger partial charge < -0.3 is 14.0 Å². The van der Waals surface area contributed by atoms with E-state index in [0.29, 0.717) is 30.1 Å². The molecule has 0 unspecified atom stereocenters. The van der Waals surface area contributed by atoms with Crippen molar-refractivity contribution in [3.8, 4) is 0 Å². The van der Waals surface area contributed by atoms with Crippen molar-refractivity contribution < 1.29 is 14.3 Å². The molecule has 0 bridgehead atoms. The van der Waals surface area contributed by atoms with Crippen LogP contribution in [-0.4, -0.2) is 50.1 Å². The highest BCUT2D eigenvalue weighted by Gasteiger charge is 2.18. The van der Waals surface area contributed by atoms with Crippen molar-refractivity contribution in [1.29, 1.82) is 0 Å². The van der Waals surface area contributed by atoms with Gasteiger partial charge in [-0.15, -0.1) is 0 Å². The number of hydrogen-bond acceptors (Lipinski definition) is 5. The average Bonchev–Trinajstić information content (AvgIpc) is 2.79. The first kappa shape index (κ1) is 16.7. The summed E-state index contributed by atoms with van der Waals surface area (Å²) in [5.74, 6) is -0.411. The molecule has 6 nitrogen and oxygen atoms in total. The molecule has 0 saturated heterocycles. The van der Waals surface area contributed by atoms with Gasteiger partial charge in [-0.3, -0.25) is 4.98 Å². The molecule has 0 aliphatic rings. The van der Waals surface area contributed by atoms with Crippen LogP contribution < -0.4 is 5.59 Å². The topological polar surface area (TPSA) is 66.2 Å². The number of fused-ring (bicyclic) bond motifs is 1. The zero-order valence-corrected chi connectivity index (χ0v) is 14.8.